The zero-order valence-electron chi connectivity index (χ0n) is 32.6. The molecule has 0 heterocycles. The lowest BCUT2D eigenvalue weighted by Crippen LogP contribution is -2.68. The maximum atomic E-state index is 12.2. The van der Waals surface area contributed by atoms with Crippen LogP contribution in [0.15, 0.2) is 71.8 Å². The molecule has 9 heteroatoms. The van der Waals surface area contributed by atoms with E-state index in [-0.39, 0.29) is 54.4 Å². The minimum absolute atomic E-state index is 0.00630. The minimum atomic E-state index is -2.89. The van der Waals surface area contributed by atoms with E-state index < -0.39 is 28.3 Å². The van der Waals surface area contributed by atoms with Crippen molar-refractivity contribution >= 4 is 33.0 Å². The first-order valence-corrected chi connectivity index (χ1v) is 23.2. The molecule has 278 valence electrons. The number of hydrogen-bond acceptors (Lipinski definition) is 7. The molecule has 2 aromatic rings. The number of methoxy groups -OCH3 is 1. The van der Waals surface area contributed by atoms with E-state index in [1.807, 2.05) is 6.92 Å². The van der Waals surface area contributed by atoms with E-state index in [1.165, 1.54) is 17.3 Å². The molecule has 0 radical (unpaired) electrons. The standard InChI is InChI=1S/C41H64O7Si2/c1-12-49(13-2,14-3)48-39-37(29(4)27-45-31(6)42)35(43)26-41(10,46-28-44-11)34-25-36(30(5)38(34)39)47-50(40(7,8)9,32-21-17-15-18-22-32)33-23-19-16-20-24-33/h15-24,30,34-36,38-39,43H,12-14,25-28H2,1-11H3/b37-29+/t30-,34-,35-,36-,38+,39+,41-/m0/s1. The van der Waals surface area contributed by atoms with Crippen molar-refractivity contribution in [1.82, 2.24) is 0 Å². The van der Waals surface area contributed by atoms with Gasteiger partial charge in [0.15, 0.2) is 8.32 Å². The van der Waals surface area contributed by atoms with Gasteiger partial charge in [-0.05, 0) is 82.7 Å². The highest BCUT2D eigenvalue weighted by Gasteiger charge is 2.61. The van der Waals surface area contributed by atoms with Crippen LogP contribution in [0.3, 0.4) is 0 Å². The first kappa shape index (κ1) is 40.7. The zero-order chi connectivity index (χ0) is 36.9. The molecule has 0 bridgehead atoms. The molecule has 0 aliphatic heterocycles. The third-order valence-electron chi connectivity index (χ3n) is 12.1. The molecule has 7 nitrogen and oxygen atoms in total. The number of hydrogen-bond donors (Lipinski definition) is 1. The van der Waals surface area contributed by atoms with Gasteiger partial charge in [0.05, 0.1) is 17.8 Å². The molecule has 7 atom stereocenters. The van der Waals surface area contributed by atoms with Crippen molar-refractivity contribution in [3.05, 3.63) is 71.8 Å². The van der Waals surface area contributed by atoms with Gasteiger partial charge in [-0.1, -0.05) is 109 Å². The van der Waals surface area contributed by atoms with Crippen LogP contribution in [0.25, 0.3) is 0 Å². The fraction of sp³-hybridized carbons (Fsp3) is 0.634. The average molecular weight is 725 g/mol. The molecule has 1 N–H and O–H groups in total. The molecular formula is C41H64O7Si2. The Labute approximate surface area is 304 Å². The summed E-state index contributed by atoms with van der Waals surface area (Å²) in [7, 11) is -3.45. The maximum absolute atomic E-state index is 12.2. The zero-order valence-corrected chi connectivity index (χ0v) is 34.6. The summed E-state index contributed by atoms with van der Waals surface area (Å²) in [4.78, 5) is 12.0. The van der Waals surface area contributed by atoms with Crippen LogP contribution in [-0.2, 0) is 27.9 Å². The highest BCUT2D eigenvalue weighted by molar-refractivity contribution is 6.99. The van der Waals surface area contributed by atoms with Gasteiger partial charge in [-0.25, -0.2) is 0 Å². The van der Waals surface area contributed by atoms with Gasteiger partial charge >= 0.3 is 5.97 Å². The predicted molar refractivity (Wildman–Crippen MR) is 207 cm³/mol. The fourth-order valence-electron chi connectivity index (χ4n) is 9.09. The minimum Gasteiger partial charge on any atom is -0.461 e. The van der Waals surface area contributed by atoms with E-state index in [0.717, 1.165) is 35.7 Å². The van der Waals surface area contributed by atoms with E-state index in [2.05, 4.69) is 116 Å². The van der Waals surface area contributed by atoms with Crippen LogP contribution in [0.4, 0.5) is 0 Å². The lowest BCUT2D eigenvalue weighted by atomic mass is 9.76. The molecule has 2 aliphatic rings. The summed E-state index contributed by atoms with van der Waals surface area (Å²) in [5, 5.41) is 14.5. The van der Waals surface area contributed by atoms with Gasteiger partial charge in [-0.15, -0.1) is 0 Å². The lowest BCUT2D eigenvalue weighted by molar-refractivity contribution is -0.164. The van der Waals surface area contributed by atoms with E-state index in [1.54, 1.807) is 7.11 Å². The summed E-state index contributed by atoms with van der Waals surface area (Å²) in [6, 6.07) is 24.6. The third-order valence-corrected chi connectivity index (χ3v) is 21.8. The van der Waals surface area contributed by atoms with E-state index >= 15 is 0 Å². The summed E-state index contributed by atoms with van der Waals surface area (Å²) in [5.74, 6) is -0.289. The predicted octanol–water partition coefficient (Wildman–Crippen LogP) is 7.62. The summed E-state index contributed by atoms with van der Waals surface area (Å²) >= 11 is 0. The second-order valence-corrected chi connectivity index (χ2v) is 25.0. The Balaban J connectivity index is 1.96. The van der Waals surface area contributed by atoms with Gasteiger partial charge in [-0.3, -0.25) is 4.79 Å². The molecular weight excluding hydrogens is 661 g/mol. The van der Waals surface area contributed by atoms with Gasteiger partial charge < -0.3 is 28.2 Å². The molecule has 0 unspecified atom stereocenters. The molecule has 4 rings (SSSR count). The number of carbonyl (C=O) groups is 1. The Morgan fingerprint density at radius 1 is 0.920 bits per heavy atom. The van der Waals surface area contributed by atoms with Crippen molar-refractivity contribution in [1.29, 1.82) is 0 Å². The van der Waals surface area contributed by atoms with Crippen molar-refractivity contribution in [3.63, 3.8) is 0 Å². The first-order valence-electron chi connectivity index (χ1n) is 18.7. The van der Waals surface area contributed by atoms with Gasteiger partial charge in [0.25, 0.3) is 8.32 Å². The van der Waals surface area contributed by atoms with Crippen molar-refractivity contribution in [2.45, 2.75) is 129 Å². The van der Waals surface area contributed by atoms with Gasteiger partial charge in [0.1, 0.15) is 13.4 Å². The van der Waals surface area contributed by atoms with Gasteiger partial charge in [-0.2, -0.15) is 0 Å². The van der Waals surface area contributed by atoms with E-state index in [9.17, 15) is 9.90 Å². The quantitative estimate of drug-likeness (QED) is 0.0930. The Morgan fingerprint density at radius 2 is 1.46 bits per heavy atom. The Morgan fingerprint density at radius 3 is 1.92 bits per heavy atom. The second kappa shape index (κ2) is 16.7. The van der Waals surface area contributed by atoms with Crippen LogP contribution in [0.5, 0.6) is 0 Å². The maximum Gasteiger partial charge on any atom is 0.302 e. The molecule has 0 saturated heterocycles. The van der Waals surface area contributed by atoms with Crippen LogP contribution in [0.1, 0.15) is 82.1 Å². The second-order valence-electron chi connectivity index (χ2n) is 16.0. The number of rotatable bonds is 14. The van der Waals surface area contributed by atoms with Crippen LogP contribution in [0, 0.1) is 17.8 Å². The topological polar surface area (TPSA) is 83.5 Å². The Hall–Kier alpha value is -2.12. The monoisotopic (exact) mass is 724 g/mol. The smallest absolute Gasteiger partial charge is 0.302 e. The number of esters is 1. The van der Waals surface area contributed by atoms with Crippen LogP contribution in [-0.4, -0.2) is 72.1 Å². The average Bonchev–Trinajstić information content (AvgIpc) is 3.39. The summed E-state index contributed by atoms with van der Waals surface area (Å²) in [6.07, 6.45) is -0.157. The van der Waals surface area contributed by atoms with Crippen molar-refractivity contribution in [3.8, 4) is 0 Å². The number of ether oxygens (including phenoxy) is 3. The Bertz CT molecular complexity index is 1370. The SMILES string of the molecule is CC[Si](CC)(CC)O[C@@H]1/C(=C(\C)COC(C)=O)[C@@H](O)C[C@](C)(OCOC)[C@H]2C[C@H](O[Si](c3ccccc3)(c3ccccc3)C(C)(C)C)[C@H](C)[C@@H]12. The molecule has 2 aromatic carbocycles. The number of carbonyl (C=O) groups excluding carboxylic acids is 1. The largest absolute Gasteiger partial charge is 0.461 e. The van der Waals surface area contributed by atoms with Crippen molar-refractivity contribution < 1.29 is 33.0 Å². The highest BCUT2D eigenvalue weighted by atomic mass is 28.4. The number of aliphatic hydroxyl groups excluding tert-OH is 1. The molecule has 2 fully saturated rings. The van der Waals surface area contributed by atoms with E-state index in [0.29, 0.717) is 6.42 Å². The lowest BCUT2D eigenvalue weighted by Gasteiger charge is -2.46. The molecule has 50 heavy (non-hydrogen) atoms. The molecule has 0 spiro atoms. The normalized spacial score (nSPS) is 28.6. The van der Waals surface area contributed by atoms with Crippen LogP contribution >= 0.6 is 0 Å². The number of benzene rings is 2. The third kappa shape index (κ3) is 8.09. The van der Waals surface area contributed by atoms with Crippen LogP contribution in [0.2, 0.25) is 23.2 Å². The highest BCUT2D eigenvalue weighted by Crippen LogP contribution is 2.56. The van der Waals surface area contributed by atoms with Crippen molar-refractivity contribution in [2.75, 3.05) is 20.5 Å². The first-order chi connectivity index (χ1) is 23.6. The van der Waals surface area contributed by atoms with Crippen molar-refractivity contribution in [2.24, 2.45) is 17.8 Å². The molecule has 2 saturated carbocycles. The number of aliphatic hydroxyl groups is 1. The summed E-state index contributed by atoms with van der Waals surface area (Å²) < 4.78 is 33.2. The van der Waals surface area contributed by atoms with Gasteiger partial charge in [0.2, 0.25) is 0 Å². The molecule has 0 amide bonds. The fourth-order valence-corrected chi connectivity index (χ4v) is 16.7. The molecule has 2 aliphatic carbocycles. The summed E-state index contributed by atoms with van der Waals surface area (Å²) in [5.41, 5.74) is 0.969. The van der Waals surface area contributed by atoms with Gasteiger partial charge in [0, 0.05) is 26.6 Å². The number of fused-ring (bicyclic) bond motifs is 1. The summed E-state index contributed by atoms with van der Waals surface area (Å²) in [6.45, 7) is 21.8. The molecule has 0 aromatic heterocycles. The van der Waals surface area contributed by atoms with Crippen LogP contribution < -0.4 is 10.4 Å². The van der Waals surface area contributed by atoms with E-state index in [4.69, 9.17) is 23.1 Å². The Kier molecular flexibility index (Phi) is 13.6.